The third-order valence-corrected chi connectivity index (χ3v) is 4.47. The van der Waals surface area contributed by atoms with E-state index in [0.29, 0.717) is 12.1 Å². The molecule has 0 unspecified atom stereocenters. The van der Waals surface area contributed by atoms with Crippen LogP contribution in [0.4, 0.5) is 0 Å². The largest absolute Gasteiger partial charge is 0.487 e. The van der Waals surface area contributed by atoms with Gasteiger partial charge in [0.15, 0.2) is 0 Å². The topological polar surface area (TPSA) is 42.3 Å². The number of para-hydroxylation sites is 1. The van der Waals surface area contributed by atoms with E-state index in [1.165, 1.54) is 0 Å². The second kappa shape index (κ2) is 6.34. The van der Waals surface area contributed by atoms with Gasteiger partial charge >= 0.3 is 0 Å². The molecule has 130 valence electrons. The highest BCUT2D eigenvalue weighted by Crippen LogP contribution is 2.35. The zero-order chi connectivity index (χ0) is 18.1. The van der Waals surface area contributed by atoms with Crippen LogP contribution in [0.2, 0.25) is 0 Å². The molecule has 3 heteroatoms. The maximum Gasteiger partial charge on any atom is 0.130 e. The molecule has 2 aromatic carbocycles. The summed E-state index contributed by atoms with van der Waals surface area (Å²) >= 11 is 0. The molecule has 2 bridgehead atoms. The summed E-state index contributed by atoms with van der Waals surface area (Å²) in [5.74, 6) is 2.34. The monoisotopic (exact) mass is 343 g/mol. The molecule has 3 nitrogen and oxygen atoms in total. The van der Waals surface area contributed by atoms with E-state index in [-0.39, 0.29) is 0 Å². The Morgan fingerprint density at radius 3 is 2.58 bits per heavy atom. The lowest BCUT2D eigenvalue weighted by molar-refractivity contribution is 0.0982. The van der Waals surface area contributed by atoms with E-state index in [0.717, 1.165) is 34.0 Å². The summed E-state index contributed by atoms with van der Waals surface area (Å²) in [6.07, 6.45) is 8.53. The molecule has 2 aromatic rings. The Labute approximate surface area is 153 Å². The van der Waals surface area contributed by atoms with Gasteiger partial charge in [-0.25, -0.2) is 0 Å². The van der Waals surface area contributed by atoms with E-state index < -0.39 is 5.60 Å². The molecule has 26 heavy (non-hydrogen) atoms. The molecule has 0 amide bonds. The molecule has 0 saturated carbocycles. The Kier molecular flexibility index (Phi) is 4.00. The normalized spacial score (nSPS) is 21.7. The molecule has 2 aliphatic rings. The van der Waals surface area contributed by atoms with Gasteiger partial charge < -0.3 is 9.47 Å². The summed E-state index contributed by atoms with van der Waals surface area (Å²) in [5, 5.41) is 8.62. The van der Waals surface area contributed by atoms with Crippen LogP contribution in [-0.4, -0.2) is 11.3 Å². The minimum atomic E-state index is -0.470. The van der Waals surface area contributed by atoms with Gasteiger partial charge in [-0.15, -0.1) is 0 Å². The summed E-state index contributed by atoms with van der Waals surface area (Å²) in [6.45, 7) is 4.09. The predicted molar refractivity (Wildman–Crippen MR) is 105 cm³/mol. The number of rotatable bonds is 2. The zero-order valence-corrected chi connectivity index (χ0v) is 15.0. The van der Waals surface area contributed by atoms with E-state index in [9.17, 15) is 0 Å². The van der Waals surface area contributed by atoms with Crippen LogP contribution >= 0.6 is 0 Å². The third-order valence-electron chi connectivity index (χ3n) is 4.47. The van der Waals surface area contributed by atoms with Crippen LogP contribution in [0, 0.1) is 5.41 Å². The molecular weight excluding hydrogens is 322 g/mol. The highest BCUT2D eigenvalue weighted by molar-refractivity contribution is 6.18. The lowest BCUT2D eigenvalue weighted by Gasteiger charge is -2.30. The van der Waals surface area contributed by atoms with E-state index >= 15 is 0 Å². The van der Waals surface area contributed by atoms with Crippen molar-refractivity contribution in [1.29, 1.82) is 5.41 Å². The quantitative estimate of drug-likeness (QED) is 0.779. The molecule has 1 heterocycles. The second-order valence-electron chi connectivity index (χ2n) is 7.14. The van der Waals surface area contributed by atoms with E-state index in [2.05, 4.69) is 0 Å². The first-order valence-electron chi connectivity index (χ1n) is 8.75. The number of benzene rings is 2. The summed E-state index contributed by atoms with van der Waals surface area (Å²) in [4.78, 5) is 0. The molecule has 0 fully saturated rings. The van der Waals surface area contributed by atoms with Crippen LogP contribution in [-0.2, 0) is 0 Å². The number of fused-ring (bicyclic) bond motifs is 1. The highest BCUT2D eigenvalue weighted by atomic mass is 16.5. The maximum absolute atomic E-state index is 8.62. The summed E-state index contributed by atoms with van der Waals surface area (Å²) in [6, 6.07) is 15.7. The number of ether oxygens (including phenoxy) is 2. The first kappa shape index (κ1) is 16.4. The fraction of sp³-hybridized carbons (Fsp3) is 0.174. The molecule has 0 spiro atoms. The average Bonchev–Trinajstić information content (AvgIpc) is 2.60. The number of hydrogen-bond acceptors (Lipinski definition) is 3. The van der Waals surface area contributed by atoms with Gasteiger partial charge in [0, 0.05) is 17.6 Å². The molecule has 0 atom stereocenters. The lowest BCUT2D eigenvalue weighted by atomic mass is 9.89. The average molecular weight is 343 g/mol. The van der Waals surface area contributed by atoms with E-state index in [4.69, 9.17) is 14.9 Å². The van der Waals surface area contributed by atoms with Crippen molar-refractivity contribution in [2.45, 2.75) is 25.9 Å². The Morgan fingerprint density at radius 1 is 0.962 bits per heavy atom. The van der Waals surface area contributed by atoms with Crippen molar-refractivity contribution < 1.29 is 9.47 Å². The van der Waals surface area contributed by atoms with Crippen molar-refractivity contribution in [3.8, 4) is 11.5 Å². The number of hydrogen-bond donors (Lipinski definition) is 1. The minimum absolute atomic E-state index is 0.470. The van der Waals surface area contributed by atoms with Crippen molar-refractivity contribution in [2.75, 3.05) is 0 Å². The Bertz CT molecular complexity index is 949. The van der Waals surface area contributed by atoms with Gasteiger partial charge in [0.1, 0.15) is 22.9 Å². The first-order valence-corrected chi connectivity index (χ1v) is 8.75. The van der Waals surface area contributed by atoms with Gasteiger partial charge in [-0.2, -0.15) is 0 Å². The van der Waals surface area contributed by atoms with Gasteiger partial charge in [0.2, 0.25) is 0 Å². The van der Waals surface area contributed by atoms with Gasteiger partial charge in [-0.1, -0.05) is 42.5 Å². The molecular formula is C23H21NO2. The number of allylic oxidation sites excluding steroid dienone is 4. The van der Waals surface area contributed by atoms with Gasteiger partial charge in [-0.05, 0) is 49.8 Å². The molecule has 4 rings (SSSR count). The van der Waals surface area contributed by atoms with E-state index in [1.807, 2.05) is 86.7 Å². The molecule has 1 N–H and O–H groups in total. The zero-order valence-electron chi connectivity index (χ0n) is 15.0. The van der Waals surface area contributed by atoms with Gasteiger partial charge in [-0.3, -0.25) is 5.41 Å². The Morgan fingerprint density at radius 2 is 1.77 bits per heavy atom. The maximum atomic E-state index is 8.62. The third kappa shape index (κ3) is 3.21. The van der Waals surface area contributed by atoms with Crippen LogP contribution in [0.15, 0.2) is 78.1 Å². The van der Waals surface area contributed by atoms with Crippen molar-refractivity contribution >= 4 is 11.8 Å². The predicted octanol–water partition coefficient (Wildman–Crippen LogP) is 5.53. The summed E-state index contributed by atoms with van der Waals surface area (Å²) < 4.78 is 12.4. The Hall–Kier alpha value is -3.07. The van der Waals surface area contributed by atoms with Crippen molar-refractivity contribution in [3.05, 3.63) is 89.2 Å². The van der Waals surface area contributed by atoms with Crippen LogP contribution < -0.4 is 9.47 Å². The standard InChI is InChI=1S/C23H21NO2/c1-23(2)15-19(25-18-8-4-3-5-9-18)14-13-17-12-11-16-7-6-10-20(26-23)21(16)22(17)24/h3-14,24H,15H2,1-2H3/b17-13-,19-14+,24-22?. The van der Waals surface area contributed by atoms with Crippen molar-refractivity contribution in [3.63, 3.8) is 0 Å². The van der Waals surface area contributed by atoms with Crippen LogP contribution in [0.1, 0.15) is 31.4 Å². The van der Waals surface area contributed by atoms with Crippen molar-refractivity contribution in [1.82, 2.24) is 0 Å². The molecule has 0 saturated heterocycles. The van der Waals surface area contributed by atoms with Crippen LogP contribution in [0.5, 0.6) is 11.5 Å². The SMILES string of the molecule is CC1(C)C/C(Oc2ccccc2)=C\C=C2\C=Cc3cccc(c3C2=N)O1. The molecule has 0 radical (unpaired) electrons. The fourth-order valence-electron chi connectivity index (χ4n) is 3.29. The molecule has 1 aliphatic heterocycles. The van der Waals surface area contributed by atoms with Crippen LogP contribution in [0.3, 0.4) is 0 Å². The smallest absolute Gasteiger partial charge is 0.130 e. The van der Waals surface area contributed by atoms with Gasteiger partial charge in [0.25, 0.3) is 0 Å². The fourth-order valence-corrected chi connectivity index (χ4v) is 3.29. The molecule has 0 aromatic heterocycles. The van der Waals surface area contributed by atoms with E-state index in [1.54, 1.807) is 0 Å². The minimum Gasteiger partial charge on any atom is -0.487 e. The van der Waals surface area contributed by atoms with Crippen molar-refractivity contribution in [2.24, 2.45) is 0 Å². The summed E-state index contributed by atoms with van der Waals surface area (Å²) in [5.41, 5.74) is 2.73. The lowest BCUT2D eigenvalue weighted by Crippen LogP contribution is -2.31. The molecule has 1 aliphatic carbocycles. The second-order valence-corrected chi connectivity index (χ2v) is 7.14. The number of nitrogens with one attached hydrogen (secondary N) is 1. The first-order chi connectivity index (χ1) is 12.5. The van der Waals surface area contributed by atoms with Crippen LogP contribution in [0.25, 0.3) is 6.08 Å². The summed E-state index contributed by atoms with van der Waals surface area (Å²) in [7, 11) is 0. The Balaban J connectivity index is 1.79. The van der Waals surface area contributed by atoms with Gasteiger partial charge in [0.05, 0.1) is 5.71 Å². The highest BCUT2D eigenvalue weighted by Gasteiger charge is 2.28.